The van der Waals surface area contributed by atoms with Crippen molar-refractivity contribution in [2.45, 2.75) is 53.0 Å². The maximum Gasteiger partial charge on any atom is 0.0589 e. The van der Waals surface area contributed by atoms with E-state index >= 15 is 0 Å². The van der Waals surface area contributed by atoms with Crippen LogP contribution in [0.2, 0.25) is 0 Å². The fourth-order valence-electron chi connectivity index (χ4n) is 2.31. The van der Waals surface area contributed by atoms with E-state index in [1.807, 2.05) is 0 Å². The molecule has 110 valence electrons. The number of nitrogens with two attached hydrogens (primary N) is 1. The van der Waals surface area contributed by atoms with E-state index in [1.54, 1.807) is 7.11 Å². The van der Waals surface area contributed by atoms with Crippen molar-refractivity contribution in [3.8, 4) is 0 Å². The Balaban J connectivity index is 3.89. The molecule has 2 atom stereocenters. The van der Waals surface area contributed by atoms with Gasteiger partial charge in [-0.15, -0.1) is 0 Å². The number of hydrogen-bond acceptors (Lipinski definition) is 3. The van der Waals surface area contributed by atoms with Crippen molar-refractivity contribution in [2.24, 2.45) is 17.6 Å². The lowest BCUT2D eigenvalue weighted by molar-refractivity contribution is 0.128. The zero-order valence-corrected chi connectivity index (χ0v) is 13.1. The van der Waals surface area contributed by atoms with Crippen molar-refractivity contribution in [2.75, 3.05) is 33.4 Å². The van der Waals surface area contributed by atoms with Crippen LogP contribution >= 0.6 is 0 Å². The molecule has 0 rings (SSSR count). The molecule has 0 saturated carbocycles. The maximum absolute atomic E-state index is 5.78. The number of methoxy groups -OCH3 is 1. The third-order valence-electron chi connectivity index (χ3n) is 3.16. The summed E-state index contributed by atoms with van der Waals surface area (Å²) < 4.78 is 5.19. The molecule has 0 spiro atoms. The Kier molecular flexibility index (Phi) is 10.7. The number of hydrogen-bond donors (Lipinski definition) is 1. The summed E-state index contributed by atoms with van der Waals surface area (Å²) >= 11 is 0. The number of nitrogens with zero attached hydrogens (tertiary/aromatic N) is 1. The normalized spacial score (nSPS) is 15.3. The maximum atomic E-state index is 5.78. The van der Waals surface area contributed by atoms with Crippen molar-refractivity contribution in [1.82, 2.24) is 4.90 Å². The molecule has 2 unspecified atom stereocenters. The lowest BCUT2D eigenvalue weighted by Gasteiger charge is -2.27. The number of rotatable bonds is 11. The molecule has 18 heavy (non-hydrogen) atoms. The van der Waals surface area contributed by atoms with Gasteiger partial charge in [-0.3, -0.25) is 0 Å². The Labute approximate surface area is 114 Å². The van der Waals surface area contributed by atoms with Gasteiger partial charge in [-0.2, -0.15) is 0 Å². The largest absolute Gasteiger partial charge is 0.383 e. The summed E-state index contributed by atoms with van der Waals surface area (Å²) in [5.41, 5.74) is 5.78. The van der Waals surface area contributed by atoms with E-state index in [-0.39, 0.29) is 0 Å². The Morgan fingerprint density at radius 3 is 2.22 bits per heavy atom. The highest BCUT2D eigenvalue weighted by atomic mass is 16.5. The van der Waals surface area contributed by atoms with Gasteiger partial charge < -0.3 is 15.4 Å². The van der Waals surface area contributed by atoms with E-state index in [9.17, 15) is 0 Å². The van der Waals surface area contributed by atoms with E-state index in [1.165, 1.54) is 25.9 Å². The Bertz CT molecular complexity index is 183. The highest BCUT2D eigenvalue weighted by Gasteiger charge is 2.11. The first kappa shape index (κ1) is 17.9. The van der Waals surface area contributed by atoms with E-state index in [4.69, 9.17) is 10.5 Å². The highest BCUT2D eigenvalue weighted by molar-refractivity contribution is 4.66. The van der Waals surface area contributed by atoms with Crippen LogP contribution in [0.4, 0.5) is 0 Å². The monoisotopic (exact) mass is 258 g/mol. The van der Waals surface area contributed by atoms with Crippen LogP contribution in [0.5, 0.6) is 0 Å². The van der Waals surface area contributed by atoms with Gasteiger partial charge in [0.2, 0.25) is 0 Å². The van der Waals surface area contributed by atoms with Gasteiger partial charge >= 0.3 is 0 Å². The smallest absolute Gasteiger partial charge is 0.0589 e. The molecule has 0 aromatic heterocycles. The molecule has 0 aromatic carbocycles. The first-order valence-corrected chi connectivity index (χ1v) is 7.42. The first-order valence-electron chi connectivity index (χ1n) is 7.42. The van der Waals surface area contributed by atoms with E-state index in [0.717, 1.165) is 31.4 Å². The first-order chi connectivity index (χ1) is 8.45. The molecule has 0 fully saturated rings. The zero-order chi connectivity index (χ0) is 14.0. The predicted molar refractivity (Wildman–Crippen MR) is 79.8 cm³/mol. The van der Waals surface area contributed by atoms with E-state index < -0.39 is 0 Å². The number of ether oxygens (including phenoxy) is 1. The van der Waals surface area contributed by atoms with Crippen molar-refractivity contribution >= 4 is 0 Å². The lowest BCUT2D eigenvalue weighted by Crippen LogP contribution is -2.34. The van der Waals surface area contributed by atoms with Crippen LogP contribution in [-0.4, -0.2) is 44.3 Å². The van der Waals surface area contributed by atoms with Crippen molar-refractivity contribution in [3.63, 3.8) is 0 Å². The minimum atomic E-state index is 0.345. The van der Waals surface area contributed by atoms with Gasteiger partial charge in [0.15, 0.2) is 0 Å². The minimum absolute atomic E-state index is 0.345. The van der Waals surface area contributed by atoms with Crippen LogP contribution in [0.25, 0.3) is 0 Å². The lowest BCUT2D eigenvalue weighted by atomic mass is 10.0. The zero-order valence-electron chi connectivity index (χ0n) is 13.1. The van der Waals surface area contributed by atoms with Gasteiger partial charge in [0.05, 0.1) is 6.61 Å². The highest BCUT2D eigenvalue weighted by Crippen LogP contribution is 2.12. The van der Waals surface area contributed by atoms with Crippen molar-refractivity contribution in [1.29, 1.82) is 0 Å². The summed E-state index contributed by atoms with van der Waals surface area (Å²) in [5.74, 6) is 1.47. The van der Waals surface area contributed by atoms with Crippen LogP contribution in [0.15, 0.2) is 0 Å². The Morgan fingerprint density at radius 1 is 1.06 bits per heavy atom. The molecule has 0 aliphatic carbocycles. The predicted octanol–water partition coefficient (Wildman–Crippen LogP) is 2.74. The summed E-state index contributed by atoms with van der Waals surface area (Å²) in [6.07, 6.45) is 3.67. The fraction of sp³-hybridized carbons (Fsp3) is 1.00. The molecule has 0 bridgehead atoms. The van der Waals surface area contributed by atoms with Crippen LogP contribution in [0, 0.1) is 11.8 Å². The third-order valence-corrected chi connectivity index (χ3v) is 3.16. The van der Waals surface area contributed by atoms with Gasteiger partial charge in [0.25, 0.3) is 0 Å². The van der Waals surface area contributed by atoms with Crippen molar-refractivity contribution in [3.05, 3.63) is 0 Å². The van der Waals surface area contributed by atoms with Crippen LogP contribution in [-0.2, 0) is 4.74 Å². The topological polar surface area (TPSA) is 38.5 Å². The minimum Gasteiger partial charge on any atom is -0.383 e. The molecule has 2 N–H and O–H groups in total. The molecule has 0 aliphatic rings. The van der Waals surface area contributed by atoms with Crippen LogP contribution in [0.1, 0.15) is 47.0 Å². The van der Waals surface area contributed by atoms with Crippen LogP contribution in [0.3, 0.4) is 0 Å². The quantitative estimate of drug-likeness (QED) is 0.619. The van der Waals surface area contributed by atoms with Gasteiger partial charge in [-0.05, 0) is 31.6 Å². The molecule has 0 heterocycles. The summed E-state index contributed by atoms with van der Waals surface area (Å²) in [4.78, 5) is 2.53. The van der Waals surface area contributed by atoms with Crippen LogP contribution < -0.4 is 5.73 Å². The standard InChI is InChI=1S/C15H34N2O/c1-13(2)11-17(9-10-18-5)12-14(3)7-6-8-15(4)16/h13-15H,6-12,16H2,1-5H3. The van der Waals surface area contributed by atoms with E-state index in [2.05, 4.69) is 32.6 Å². The van der Waals surface area contributed by atoms with E-state index in [0.29, 0.717) is 6.04 Å². The van der Waals surface area contributed by atoms with Gasteiger partial charge in [-0.1, -0.05) is 27.2 Å². The Morgan fingerprint density at radius 2 is 1.72 bits per heavy atom. The SMILES string of the molecule is COCCN(CC(C)C)CC(C)CCCC(C)N. The summed E-state index contributed by atoms with van der Waals surface area (Å²) in [6.45, 7) is 13.2. The summed E-state index contributed by atoms with van der Waals surface area (Å²) in [5, 5.41) is 0. The molecule has 0 saturated heterocycles. The fourth-order valence-corrected chi connectivity index (χ4v) is 2.31. The second-order valence-corrected chi connectivity index (χ2v) is 6.16. The molecule has 0 aromatic rings. The van der Waals surface area contributed by atoms with Gasteiger partial charge in [0, 0.05) is 32.8 Å². The second-order valence-electron chi connectivity index (χ2n) is 6.16. The molecule has 0 amide bonds. The third kappa shape index (κ3) is 11.0. The second kappa shape index (κ2) is 10.8. The molecular formula is C15H34N2O. The van der Waals surface area contributed by atoms with Crippen molar-refractivity contribution < 1.29 is 4.74 Å². The van der Waals surface area contributed by atoms with Gasteiger partial charge in [-0.25, -0.2) is 0 Å². The molecule has 3 nitrogen and oxygen atoms in total. The van der Waals surface area contributed by atoms with Gasteiger partial charge in [0.1, 0.15) is 0 Å². The average Bonchev–Trinajstić information content (AvgIpc) is 2.24. The molecule has 3 heteroatoms. The summed E-state index contributed by atoms with van der Waals surface area (Å²) in [6, 6.07) is 0.345. The molecular weight excluding hydrogens is 224 g/mol. The molecule has 0 aliphatic heterocycles. The molecule has 0 radical (unpaired) electrons. The average molecular weight is 258 g/mol. The summed E-state index contributed by atoms with van der Waals surface area (Å²) in [7, 11) is 1.78. The Hall–Kier alpha value is -0.120.